The van der Waals surface area contributed by atoms with Gasteiger partial charge in [-0.05, 0) is 42.5 Å². The molecule has 2 aromatic rings. The van der Waals surface area contributed by atoms with E-state index in [0.29, 0.717) is 11.6 Å². The number of rotatable bonds is 5. The zero-order valence-corrected chi connectivity index (χ0v) is 15.7. The highest BCUT2D eigenvalue weighted by Gasteiger charge is 2.12. The maximum atomic E-state index is 11.0. The standard InChI is InChI=1S/C17H16ClNO2S.C2H6/c1-3-22(2)19(12-14-6-4-5-7-16(14)18)15-10-8-13(9-11-15)17(20)21;1-2/h4-11H,1,12H2,2H3,(H,20,21);1-2H3. The van der Waals surface area contributed by atoms with Gasteiger partial charge >= 0.3 is 5.97 Å². The molecule has 5 heteroatoms. The molecule has 0 saturated heterocycles. The molecule has 2 aromatic carbocycles. The zero-order chi connectivity index (χ0) is 18.1. The molecule has 0 aliphatic rings. The predicted octanol–water partition coefficient (Wildman–Crippen LogP) is 5.47. The lowest BCUT2D eigenvalue weighted by atomic mass is 10.2. The summed E-state index contributed by atoms with van der Waals surface area (Å²) >= 11 is 6.23. The van der Waals surface area contributed by atoms with Crippen LogP contribution in [-0.2, 0) is 6.54 Å². The molecule has 0 fully saturated rings. The molecule has 0 bridgehead atoms. The normalized spacial score (nSPS) is 10.8. The van der Waals surface area contributed by atoms with Gasteiger partial charge in [0.15, 0.2) is 0 Å². The van der Waals surface area contributed by atoms with E-state index in [1.807, 2.05) is 44.4 Å². The minimum atomic E-state index is -0.935. The predicted molar refractivity (Wildman–Crippen MR) is 107 cm³/mol. The van der Waals surface area contributed by atoms with Crippen LogP contribution in [0.2, 0.25) is 5.02 Å². The largest absolute Gasteiger partial charge is 0.478 e. The highest BCUT2D eigenvalue weighted by molar-refractivity contribution is 8.15. The van der Waals surface area contributed by atoms with Crippen molar-refractivity contribution in [3.8, 4) is 0 Å². The third-order valence-corrected chi connectivity index (χ3v) is 5.00. The molecule has 0 amide bonds. The van der Waals surface area contributed by atoms with Crippen LogP contribution in [0.3, 0.4) is 0 Å². The van der Waals surface area contributed by atoms with Crippen LogP contribution in [0.5, 0.6) is 0 Å². The van der Waals surface area contributed by atoms with Crippen LogP contribution < -0.4 is 4.31 Å². The fourth-order valence-corrected chi connectivity index (χ4v) is 3.10. The Kier molecular flexibility index (Phi) is 8.34. The van der Waals surface area contributed by atoms with Gasteiger partial charge in [-0.15, -0.1) is 0 Å². The van der Waals surface area contributed by atoms with E-state index in [1.165, 1.54) is 0 Å². The Balaban J connectivity index is 0.00000139. The third-order valence-electron chi connectivity index (χ3n) is 3.21. The molecule has 2 rings (SSSR count). The van der Waals surface area contributed by atoms with Crippen molar-refractivity contribution in [3.05, 3.63) is 71.3 Å². The van der Waals surface area contributed by atoms with E-state index in [9.17, 15) is 4.79 Å². The number of nitrogens with zero attached hydrogens (tertiary/aromatic N) is 1. The molecule has 0 aliphatic heterocycles. The van der Waals surface area contributed by atoms with Crippen molar-refractivity contribution < 1.29 is 9.90 Å². The summed E-state index contributed by atoms with van der Waals surface area (Å²) in [5, 5.41) is 12.7. The first-order valence-electron chi connectivity index (χ1n) is 7.56. The molecule has 24 heavy (non-hydrogen) atoms. The fourth-order valence-electron chi connectivity index (χ4n) is 1.98. The van der Waals surface area contributed by atoms with Crippen LogP contribution in [0.1, 0.15) is 29.8 Å². The Labute approximate surface area is 151 Å². The van der Waals surface area contributed by atoms with Gasteiger partial charge in [-0.3, -0.25) is 0 Å². The van der Waals surface area contributed by atoms with E-state index in [4.69, 9.17) is 16.7 Å². The summed E-state index contributed by atoms with van der Waals surface area (Å²) in [6.07, 6.45) is 2.01. The van der Waals surface area contributed by atoms with Gasteiger partial charge in [0.2, 0.25) is 0 Å². The van der Waals surface area contributed by atoms with Gasteiger partial charge in [0.05, 0.1) is 12.1 Å². The highest BCUT2D eigenvalue weighted by Crippen LogP contribution is 2.29. The van der Waals surface area contributed by atoms with Gasteiger partial charge in [0.1, 0.15) is 0 Å². The zero-order valence-electron chi connectivity index (χ0n) is 14.1. The molecule has 1 atom stereocenters. The smallest absolute Gasteiger partial charge is 0.335 e. The van der Waals surface area contributed by atoms with E-state index in [-0.39, 0.29) is 16.2 Å². The van der Waals surface area contributed by atoms with Crippen molar-refractivity contribution >= 4 is 39.0 Å². The minimum absolute atomic E-state index is 0.264. The second kappa shape index (κ2) is 9.99. The SMILES string of the molecule is C=C=S(C)N(Cc1ccccc1Cl)c1ccc(C(=O)O)cc1.CC. The molecule has 3 nitrogen and oxygen atoms in total. The average Bonchev–Trinajstić information content (AvgIpc) is 2.62. The number of hydrogen-bond acceptors (Lipinski definition) is 2. The molecule has 0 aromatic heterocycles. The number of benzene rings is 2. The first-order chi connectivity index (χ1) is 11.5. The molecule has 1 N–H and O–H groups in total. The summed E-state index contributed by atoms with van der Waals surface area (Å²) in [5.41, 5.74) is 2.17. The van der Waals surface area contributed by atoms with Gasteiger partial charge in [-0.25, -0.2) is 4.79 Å². The second-order valence-electron chi connectivity index (χ2n) is 4.60. The van der Waals surface area contributed by atoms with Crippen molar-refractivity contribution in [1.29, 1.82) is 0 Å². The molecule has 128 valence electrons. The number of aromatic carboxylic acids is 1. The Morgan fingerprint density at radius 2 is 1.79 bits per heavy atom. The first-order valence-corrected chi connectivity index (χ1v) is 9.53. The maximum Gasteiger partial charge on any atom is 0.335 e. The Bertz CT molecular complexity index is 737. The van der Waals surface area contributed by atoms with Gasteiger partial charge in [0, 0.05) is 17.0 Å². The van der Waals surface area contributed by atoms with Crippen LogP contribution in [0.25, 0.3) is 0 Å². The van der Waals surface area contributed by atoms with Gasteiger partial charge in [-0.1, -0.05) is 59.3 Å². The van der Waals surface area contributed by atoms with Crippen molar-refractivity contribution in [2.45, 2.75) is 20.4 Å². The van der Waals surface area contributed by atoms with Crippen LogP contribution in [0.4, 0.5) is 5.69 Å². The molecular weight excluding hydrogens is 342 g/mol. The summed E-state index contributed by atoms with van der Waals surface area (Å²) in [6.45, 7) is 8.34. The first kappa shape index (κ1) is 20.0. The van der Waals surface area contributed by atoms with Gasteiger partial charge < -0.3 is 9.41 Å². The minimum Gasteiger partial charge on any atom is -0.478 e. The summed E-state index contributed by atoms with van der Waals surface area (Å²) in [4.78, 5) is 11.0. The van der Waals surface area contributed by atoms with Crippen LogP contribution in [-0.4, -0.2) is 22.4 Å². The van der Waals surface area contributed by atoms with Crippen molar-refractivity contribution in [2.24, 2.45) is 0 Å². The fraction of sp³-hybridized carbons (Fsp3) is 0.211. The quantitative estimate of drug-likeness (QED) is 0.716. The molecular formula is C19H22ClNO2S. The van der Waals surface area contributed by atoms with E-state index >= 15 is 0 Å². The van der Waals surface area contributed by atoms with Crippen LogP contribution in [0, 0.1) is 0 Å². The molecule has 0 heterocycles. The number of carbonyl (C=O) groups is 1. The van der Waals surface area contributed by atoms with Crippen LogP contribution >= 0.6 is 22.3 Å². The third kappa shape index (κ3) is 5.27. The van der Waals surface area contributed by atoms with E-state index < -0.39 is 5.97 Å². The second-order valence-corrected chi connectivity index (χ2v) is 6.69. The van der Waals surface area contributed by atoms with Gasteiger partial charge in [0.25, 0.3) is 0 Å². The van der Waals surface area contributed by atoms with E-state index in [0.717, 1.165) is 11.3 Å². The summed E-state index contributed by atoms with van der Waals surface area (Å²) in [7, 11) is -0.326. The lowest BCUT2D eigenvalue weighted by molar-refractivity contribution is 0.0697. The number of halogens is 1. The van der Waals surface area contributed by atoms with Crippen molar-refractivity contribution in [1.82, 2.24) is 0 Å². The lowest BCUT2D eigenvalue weighted by Crippen LogP contribution is -2.16. The summed E-state index contributed by atoms with van der Waals surface area (Å²) in [5.74, 6) is -0.935. The van der Waals surface area contributed by atoms with Crippen LogP contribution in [0.15, 0.2) is 55.1 Å². The molecule has 0 aliphatic carbocycles. The molecule has 0 spiro atoms. The molecule has 0 radical (unpaired) electrons. The lowest BCUT2D eigenvalue weighted by Gasteiger charge is -2.25. The maximum absolute atomic E-state index is 11.0. The Morgan fingerprint density at radius 1 is 1.21 bits per heavy atom. The van der Waals surface area contributed by atoms with Crippen molar-refractivity contribution in [2.75, 3.05) is 10.6 Å². The molecule has 0 saturated carbocycles. The Hall–Kier alpha value is -2.00. The molecule has 1 unspecified atom stereocenters. The number of carboxylic acids is 1. The monoisotopic (exact) mass is 363 g/mol. The summed E-state index contributed by atoms with van der Waals surface area (Å²) in [6, 6.07) is 14.4. The highest BCUT2D eigenvalue weighted by atomic mass is 35.5. The summed E-state index contributed by atoms with van der Waals surface area (Å²) < 4.78 is 2.10. The topological polar surface area (TPSA) is 40.5 Å². The Morgan fingerprint density at radius 3 is 2.29 bits per heavy atom. The van der Waals surface area contributed by atoms with Crippen molar-refractivity contribution in [3.63, 3.8) is 0 Å². The van der Waals surface area contributed by atoms with E-state index in [2.05, 4.69) is 15.9 Å². The number of carboxylic acid groups (broad SMARTS) is 1. The average molecular weight is 364 g/mol. The number of anilines is 1. The number of hydrogen-bond donors (Lipinski definition) is 1. The van der Waals surface area contributed by atoms with Gasteiger partial charge in [-0.2, -0.15) is 0 Å². The van der Waals surface area contributed by atoms with E-state index in [1.54, 1.807) is 24.3 Å².